The van der Waals surface area contributed by atoms with E-state index in [9.17, 15) is 0 Å². The molecule has 1 aromatic heterocycles. The van der Waals surface area contributed by atoms with Gasteiger partial charge in [-0.15, -0.1) is 0 Å². The third kappa shape index (κ3) is 3.67. The van der Waals surface area contributed by atoms with Crippen molar-refractivity contribution >= 4 is 23.4 Å². The Bertz CT molecular complexity index is 296. The Hall–Kier alpha value is -0.250. The van der Waals surface area contributed by atoms with Crippen LogP contribution in [0.1, 0.15) is 18.4 Å². The molecule has 1 fully saturated rings. The molecule has 0 radical (unpaired) electrons. The summed E-state index contributed by atoms with van der Waals surface area (Å²) in [5.74, 6) is 2.56. The maximum Gasteiger partial charge on any atom is 0.129 e. The third-order valence-corrected chi connectivity index (χ3v) is 3.98. The average molecular weight is 243 g/mol. The highest BCUT2D eigenvalue weighted by Gasteiger charge is 2.12. The number of hydrogen-bond donors (Lipinski definition) is 1. The third-order valence-electron chi connectivity index (χ3n) is 2.54. The lowest BCUT2D eigenvalue weighted by Crippen LogP contribution is -2.33. The quantitative estimate of drug-likeness (QED) is 0.826. The number of thioether (sulfide) groups is 1. The van der Waals surface area contributed by atoms with E-state index in [0.29, 0.717) is 11.2 Å². The minimum atomic E-state index is 0.562. The van der Waals surface area contributed by atoms with Crippen LogP contribution in [0.2, 0.25) is 5.15 Å². The SMILES string of the molecule is Clc1ccc(CNC2CCCSC2)cn1. The lowest BCUT2D eigenvalue weighted by molar-refractivity contribution is 0.507. The molecule has 2 rings (SSSR count). The molecule has 0 saturated carbocycles. The fourth-order valence-corrected chi connectivity index (χ4v) is 2.89. The van der Waals surface area contributed by atoms with Crippen LogP contribution in [0.3, 0.4) is 0 Å². The zero-order valence-electron chi connectivity index (χ0n) is 8.58. The van der Waals surface area contributed by atoms with Gasteiger partial charge in [-0.1, -0.05) is 17.7 Å². The van der Waals surface area contributed by atoms with E-state index in [0.717, 1.165) is 6.54 Å². The molecule has 0 aromatic carbocycles. The van der Waals surface area contributed by atoms with E-state index in [4.69, 9.17) is 11.6 Å². The number of nitrogens with one attached hydrogen (secondary N) is 1. The van der Waals surface area contributed by atoms with Crippen molar-refractivity contribution in [1.29, 1.82) is 0 Å². The maximum atomic E-state index is 5.73. The normalized spacial score (nSPS) is 21.5. The van der Waals surface area contributed by atoms with Gasteiger partial charge in [-0.05, 0) is 30.2 Å². The molecule has 1 saturated heterocycles. The van der Waals surface area contributed by atoms with Gasteiger partial charge in [0.2, 0.25) is 0 Å². The summed E-state index contributed by atoms with van der Waals surface area (Å²) in [4.78, 5) is 4.06. The fraction of sp³-hybridized carbons (Fsp3) is 0.545. The molecule has 0 spiro atoms. The highest BCUT2D eigenvalue weighted by molar-refractivity contribution is 7.99. The van der Waals surface area contributed by atoms with Crippen LogP contribution in [0, 0.1) is 0 Å². The van der Waals surface area contributed by atoms with Crippen LogP contribution < -0.4 is 5.32 Å². The Morgan fingerprint density at radius 1 is 1.53 bits per heavy atom. The van der Waals surface area contributed by atoms with Crippen LogP contribution in [0.15, 0.2) is 18.3 Å². The Morgan fingerprint density at radius 3 is 3.13 bits per heavy atom. The standard InChI is InChI=1S/C11H15ClN2S/c12-11-4-3-9(7-14-11)6-13-10-2-1-5-15-8-10/h3-4,7,10,13H,1-2,5-6,8H2. The van der Waals surface area contributed by atoms with Crippen molar-refractivity contribution in [3.05, 3.63) is 29.0 Å². The average Bonchev–Trinajstić information content (AvgIpc) is 2.30. The molecular weight excluding hydrogens is 228 g/mol. The molecule has 1 aromatic rings. The highest BCUT2D eigenvalue weighted by atomic mass is 35.5. The van der Waals surface area contributed by atoms with Gasteiger partial charge in [0.1, 0.15) is 5.15 Å². The molecule has 1 unspecified atom stereocenters. The lowest BCUT2D eigenvalue weighted by atomic mass is 10.2. The Labute approximate surface area is 99.8 Å². The van der Waals surface area contributed by atoms with E-state index < -0.39 is 0 Å². The van der Waals surface area contributed by atoms with Gasteiger partial charge in [-0.25, -0.2) is 4.98 Å². The highest BCUT2D eigenvalue weighted by Crippen LogP contribution is 2.17. The summed E-state index contributed by atoms with van der Waals surface area (Å²) in [7, 11) is 0. The van der Waals surface area contributed by atoms with Gasteiger partial charge in [0.25, 0.3) is 0 Å². The van der Waals surface area contributed by atoms with Crippen molar-refractivity contribution < 1.29 is 0 Å². The molecule has 2 nitrogen and oxygen atoms in total. The molecule has 1 aliphatic rings. The molecule has 82 valence electrons. The summed E-state index contributed by atoms with van der Waals surface area (Å²) in [6, 6.07) is 4.53. The van der Waals surface area contributed by atoms with Crippen molar-refractivity contribution in [2.75, 3.05) is 11.5 Å². The topological polar surface area (TPSA) is 24.9 Å². The Balaban J connectivity index is 1.79. The minimum absolute atomic E-state index is 0.562. The second-order valence-corrected chi connectivity index (χ2v) is 5.32. The van der Waals surface area contributed by atoms with Gasteiger partial charge in [-0.3, -0.25) is 0 Å². The van der Waals surface area contributed by atoms with Crippen LogP contribution in [-0.2, 0) is 6.54 Å². The van der Waals surface area contributed by atoms with Crippen molar-refractivity contribution in [3.63, 3.8) is 0 Å². The molecule has 4 heteroatoms. The predicted molar refractivity (Wildman–Crippen MR) is 66.4 cm³/mol. The van der Waals surface area contributed by atoms with E-state index in [-0.39, 0.29) is 0 Å². The fourth-order valence-electron chi connectivity index (χ4n) is 1.67. The summed E-state index contributed by atoms with van der Waals surface area (Å²) in [5, 5.41) is 4.12. The second kappa shape index (κ2) is 5.73. The van der Waals surface area contributed by atoms with Crippen LogP contribution >= 0.6 is 23.4 Å². The number of rotatable bonds is 3. The molecule has 2 heterocycles. The molecule has 0 amide bonds. The largest absolute Gasteiger partial charge is 0.309 e. The van der Waals surface area contributed by atoms with E-state index in [1.165, 1.54) is 29.9 Å². The van der Waals surface area contributed by atoms with Gasteiger partial charge in [0.15, 0.2) is 0 Å². The summed E-state index contributed by atoms with van der Waals surface area (Å²) in [6.45, 7) is 0.898. The van der Waals surface area contributed by atoms with Crippen LogP contribution in [-0.4, -0.2) is 22.5 Å². The van der Waals surface area contributed by atoms with Crippen molar-refractivity contribution in [3.8, 4) is 0 Å². The van der Waals surface area contributed by atoms with Crippen molar-refractivity contribution in [2.24, 2.45) is 0 Å². The van der Waals surface area contributed by atoms with Gasteiger partial charge in [0.05, 0.1) is 0 Å². The Kier molecular flexibility index (Phi) is 4.29. The molecule has 1 atom stereocenters. The summed E-state index contributed by atoms with van der Waals surface area (Å²) >= 11 is 7.77. The first-order chi connectivity index (χ1) is 7.34. The maximum absolute atomic E-state index is 5.73. The van der Waals surface area contributed by atoms with Gasteiger partial charge in [-0.2, -0.15) is 11.8 Å². The first-order valence-corrected chi connectivity index (χ1v) is 6.79. The number of nitrogens with zero attached hydrogens (tertiary/aromatic N) is 1. The predicted octanol–water partition coefficient (Wildman–Crippen LogP) is 2.72. The molecule has 1 N–H and O–H groups in total. The molecule has 1 aliphatic heterocycles. The van der Waals surface area contributed by atoms with Gasteiger partial charge >= 0.3 is 0 Å². The Morgan fingerprint density at radius 2 is 2.47 bits per heavy atom. The van der Waals surface area contributed by atoms with Crippen LogP contribution in [0.25, 0.3) is 0 Å². The first-order valence-electron chi connectivity index (χ1n) is 5.26. The van der Waals surface area contributed by atoms with E-state index in [1.54, 1.807) is 0 Å². The number of pyridine rings is 1. The summed E-state index contributed by atoms with van der Waals surface area (Å²) in [5.41, 5.74) is 1.20. The molecule has 0 aliphatic carbocycles. The number of halogens is 1. The van der Waals surface area contributed by atoms with E-state index >= 15 is 0 Å². The molecule has 0 bridgehead atoms. The zero-order chi connectivity index (χ0) is 10.5. The second-order valence-electron chi connectivity index (χ2n) is 3.78. The monoisotopic (exact) mass is 242 g/mol. The van der Waals surface area contributed by atoms with Crippen LogP contribution in [0.5, 0.6) is 0 Å². The zero-order valence-corrected chi connectivity index (χ0v) is 10.2. The van der Waals surface area contributed by atoms with Crippen LogP contribution in [0.4, 0.5) is 0 Å². The van der Waals surface area contributed by atoms with E-state index in [1.807, 2.05) is 30.1 Å². The smallest absolute Gasteiger partial charge is 0.129 e. The van der Waals surface area contributed by atoms with Gasteiger partial charge < -0.3 is 5.32 Å². The lowest BCUT2D eigenvalue weighted by Gasteiger charge is -2.22. The number of aromatic nitrogens is 1. The van der Waals surface area contributed by atoms with Gasteiger partial charge in [0, 0.05) is 24.5 Å². The number of hydrogen-bond acceptors (Lipinski definition) is 3. The summed E-state index contributed by atoms with van der Waals surface area (Å²) in [6.07, 6.45) is 4.47. The molecule has 15 heavy (non-hydrogen) atoms. The van der Waals surface area contributed by atoms with Crippen molar-refractivity contribution in [2.45, 2.75) is 25.4 Å². The minimum Gasteiger partial charge on any atom is -0.309 e. The van der Waals surface area contributed by atoms with E-state index in [2.05, 4.69) is 10.3 Å². The van der Waals surface area contributed by atoms with Crippen molar-refractivity contribution in [1.82, 2.24) is 10.3 Å². The molecular formula is C11H15ClN2S. The summed E-state index contributed by atoms with van der Waals surface area (Å²) < 4.78 is 0. The first kappa shape index (κ1) is 11.2.